The Kier molecular flexibility index (Phi) is 3.66. The summed E-state index contributed by atoms with van der Waals surface area (Å²) in [5.41, 5.74) is 5.09. The van der Waals surface area contributed by atoms with E-state index in [1.807, 2.05) is 0 Å². The Morgan fingerprint density at radius 3 is 2.68 bits per heavy atom. The number of hydrogen-bond donors (Lipinski definition) is 1. The van der Waals surface area contributed by atoms with Crippen LogP contribution in [0, 0.1) is 15.9 Å². The van der Waals surface area contributed by atoms with Crippen LogP contribution in [0.15, 0.2) is 40.9 Å². The van der Waals surface area contributed by atoms with Crippen molar-refractivity contribution in [2.24, 2.45) is 0 Å². The zero-order chi connectivity index (χ0) is 14.0. The monoisotopic (exact) mass is 326 g/mol. The SMILES string of the molecule is Nc1cccc(Oc2cc(Br)ccc2F)c1[N+](=O)[O-]. The number of nitro groups is 1. The molecular formula is C12H8BrFN2O3. The summed E-state index contributed by atoms with van der Waals surface area (Å²) in [5.74, 6) is -0.856. The topological polar surface area (TPSA) is 78.4 Å². The maximum absolute atomic E-state index is 13.5. The van der Waals surface area contributed by atoms with Crippen LogP contribution in [0.4, 0.5) is 15.8 Å². The average Bonchev–Trinajstić information content (AvgIpc) is 2.33. The van der Waals surface area contributed by atoms with Gasteiger partial charge in [-0.05, 0) is 30.3 Å². The summed E-state index contributed by atoms with van der Waals surface area (Å²) in [7, 11) is 0. The minimum absolute atomic E-state index is 0.0436. The second-order valence-electron chi connectivity index (χ2n) is 3.63. The number of nitrogen functional groups attached to an aromatic ring is 1. The van der Waals surface area contributed by atoms with Gasteiger partial charge in [0.25, 0.3) is 0 Å². The second kappa shape index (κ2) is 5.23. The van der Waals surface area contributed by atoms with Crippen LogP contribution in [-0.2, 0) is 0 Å². The first kappa shape index (κ1) is 13.3. The Morgan fingerprint density at radius 1 is 1.26 bits per heavy atom. The van der Waals surface area contributed by atoms with Crippen LogP contribution < -0.4 is 10.5 Å². The molecule has 0 heterocycles. The number of benzene rings is 2. The van der Waals surface area contributed by atoms with Crippen LogP contribution in [0.3, 0.4) is 0 Å². The molecule has 0 unspecified atom stereocenters. The number of para-hydroxylation sites is 1. The van der Waals surface area contributed by atoms with Crippen molar-refractivity contribution in [3.05, 3.63) is 56.8 Å². The van der Waals surface area contributed by atoms with Gasteiger partial charge in [-0.3, -0.25) is 10.1 Å². The molecule has 0 bridgehead atoms. The highest BCUT2D eigenvalue weighted by atomic mass is 79.9. The highest BCUT2D eigenvalue weighted by Gasteiger charge is 2.20. The van der Waals surface area contributed by atoms with Crippen molar-refractivity contribution in [1.29, 1.82) is 0 Å². The lowest BCUT2D eigenvalue weighted by Crippen LogP contribution is -1.99. The number of nitro benzene ring substituents is 1. The van der Waals surface area contributed by atoms with E-state index in [9.17, 15) is 14.5 Å². The number of nitrogens with two attached hydrogens (primary N) is 1. The van der Waals surface area contributed by atoms with Crippen molar-refractivity contribution < 1.29 is 14.1 Å². The Bertz CT molecular complexity index is 649. The lowest BCUT2D eigenvalue weighted by Gasteiger charge is -2.08. The third-order valence-corrected chi connectivity index (χ3v) is 2.82. The molecule has 2 N–H and O–H groups in total. The van der Waals surface area contributed by atoms with E-state index in [4.69, 9.17) is 10.5 Å². The summed E-state index contributed by atoms with van der Waals surface area (Å²) in [4.78, 5) is 10.3. The number of hydrogen-bond acceptors (Lipinski definition) is 4. The van der Waals surface area contributed by atoms with Crippen LogP contribution >= 0.6 is 15.9 Å². The fourth-order valence-electron chi connectivity index (χ4n) is 1.49. The van der Waals surface area contributed by atoms with Crippen LogP contribution in [0.1, 0.15) is 0 Å². The maximum Gasteiger partial charge on any atom is 0.334 e. The molecule has 2 rings (SSSR count). The normalized spacial score (nSPS) is 10.2. The second-order valence-corrected chi connectivity index (χ2v) is 4.54. The predicted octanol–water partition coefficient (Wildman–Crippen LogP) is 3.87. The molecule has 0 fully saturated rings. The molecular weight excluding hydrogens is 319 g/mol. The van der Waals surface area contributed by atoms with E-state index in [0.717, 1.165) is 0 Å². The van der Waals surface area contributed by atoms with E-state index >= 15 is 0 Å². The third-order valence-electron chi connectivity index (χ3n) is 2.33. The van der Waals surface area contributed by atoms with Gasteiger partial charge in [0.1, 0.15) is 5.69 Å². The molecule has 0 aromatic heterocycles. The fourth-order valence-corrected chi connectivity index (χ4v) is 1.83. The highest BCUT2D eigenvalue weighted by Crippen LogP contribution is 2.37. The zero-order valence-electron chi connectivity index (χ0n) is 9.47. The van der Waals surface area contributed by atoms with Crippen molar-refractivity contribution >= 4 is 27.3 Å². The van der Waals surface area contributed by atoms with E-state index in [2.05, 4.69) is 15.9 Å². The predicted molar refractivity (Wildman–Crippen MR) is 71.7 cm³/mol. The number of ether oxygens (including phenoxy) is 1. The van der Waals surface area contributed by atoms with Gasteiger partial charge in [0.15, 0.2) is 11.6 Å². The quantitative estimate of drug-likeness (QED) is 0.527. The molecule has 0 spiro atoms. The minimum atomic E-state index is -0.666. The van der Waals surface area contributed by atoms with Crippen molar-refractivity contribution in [3.8, 4) is 11.5 Å². The van der Waals surface area contributed by atoms with Gasteiger partial charge in [-0.1, -0.05) is 22.0 Å². The molecule has 0 atom stereocenters. The van der Waals surface area contributed by atoms with Gasteiger partial charge in [0, 0.05) is 4.47 Å². The lowest BCUT2D eigenvalue weighted by molar-refractivity contribution is -0.384. The maximum atomic E-state index is 13.5. The Balaban J connectivity index is 2.46. The molecule has 0 aliphatic carbocycles. The number of nitrogens with zero attached hydrogens (tertiary/aromatic N) is 1. The lowest BCUT2D eigenvalue weighted by atomic mass is 10.2. The van der Waals surface area contributed by atoms with Gasteiger partial charge in [-0.15, -0.1) is 0 Å². The Hall–Kier alpha value is -2.15. The highest BCUT2D eigenvalue weighted by molar-refractivity contribution is 9.10. The Labute approximate surface area is 116 Å². The van der Waals surface area contributed by atoms with Gasteiger partial charge < -0.3 is 10.5 Å². The standard InChI is InChI=1S/C12H8BrFN2O3/c13-7-4-5-8(14)11(6-7)19-10-3-1-2-9(15)12(10)16(17)18/h1-6H,15H2. The first-order valence-corrected chi connectivity index (χ1v) is 5.94. The van der Waals surface area contributed by atoms with Crippen molar-refractivity contribution in [1.82, 2.24) is 0 Å². The fraction of sp³-hybridized carbons (Fsp3) is 0. The van der Waals surface area contributed by atoms with Crippen LogP contribution in [0.2, 0.25) is 0 Å². The number of halogens is 2. The first-order valence-electron chi connectivity index (χ1n) is 5.15. The van der Waals surface area contributed by atoms with Gasteiger partial charge in [-0.2, -0.15) is 0 Å². The first-order chi connectivity index (χ1) is 8.99. The number of rotatable bonds is 3. The van der Waals surface area contributed by atoms with Gasteiger partial charge in [0.05, 0.1) is 4.92 Å². The van der Waals surface area contributed by atoms with Crippen molar-refractivity contribution in [2.45, 2.75) is 0 Å². The largest absolute Gasteiger partial charge is 0.447 e. The molecule has 0 aliphatic heterocycles. The Morgan fingerprint density at radius 2 is 2.00 bits per heavy atom. The van der Waals surface area contributed by atoms with E-state index < -0.39 is 10.7 Å². The van der Waals surface area contributed by atoms with Crippen molar-refractivity contribution in [3.63, 3.8) is 0 Å². The molecule has 0 amide bonds. The average molecular weight is 327 g/mol. The van der Waals surface area contributed by atoms with Crippen LogP contribution in [-0.4, -0.2) is 4.92 Å². The molecule has 0 aliphatic rings. The van der Waals surface area contributed by atoms with Gasteiger partial charge in [0.2, 0.25) is 5.75 Å². The van der Waals surface area contributed by atoms with Crippen LogP contribution in [0.5, 0.6) is 11.5 Å². The molecule has 7 heteroatoms. The summed E-state index contributed by atoms with van der Waals surface area (Å²) in [5, 5.41) is 10.9. The zero-order valence-corrected chi connectivity index (χ0v) is 11.1. The third kappa shape index (κ3) is 2.82. The van der Waals surface area contributed by atoms with E-state index in [1.165, 1.54) is 36.4 Å². The van der Waals surface area contributed by atoms with E-state index in [-0.39, 0.29) is 22.9 Å². The summed E-state index contributed by atoms with van der Waals surface area (Å²) in [6.45, 7) is 0. The van der Waals surface area contributed by atoms with Gasteiger partial charge in [-0.25, -0.2) is 4.39 Å². The number of anilines is 1. The van der Waals surface area contributed by atoms with Crippen molar-refractivity contribution in [2.75, 3.05) is 5.73 Å². The minimum Gasteiger partial charge on any atom is -0.447 e. The molecule has 5 nitrogen and oxygen atoms in total. The molecule has 19 heavy (non-hydrogen) atoms. The summed E-state index contributed by atoms with van der Waals surface area (Å²) < 4.78 is 19.4. The molecule has 0 saturated heterocycles. The smallest absolute Gasteiger partial charge is 0.334 e. The molecule has 2 aromatic rings. The molecule has 0 radical (unpaired) electrons. The van der Waals surface area contributed by atoms with E-state index in [0.29, 0.717) is 4.47 Å². The summed E-state index contributed by atoms with van der Waals surface area (Å²) in [6, 6.07) is 8.29. The molecule has 98 valence electrons. The van der Waals surface area contributed by atoms with Gasteiger partial charge >= 0.3 is 5.69 Å². The molecule has 2 aromatic carbocycles. The van der Waals surface area contributed by atoms with E-state index in [1.54, 1.807) is 0 Å². The van der Waals surface area contributed by atoms with Crippen LogP contribution in [0.25, 0.3) is 0 Å². The molecule has 0 saturated carbocycles. The summed E-state index contributed by atoms with van der Waals surface area (Å²) >= 11 is 3.17. The summed E-state index contributed by atoms with van der Waals surface area (Å²) in [6.07, 6.45) is 0.